The molecule has 0 bridgehead atoms. The maximum Gasteiger partial charge on any atom is 0.0118 e. The van der Waals surface area contributed by atoms with Crippen molar-refractivity contribution in [1.82, 2.24) is 0 Å². The Morgan fingerprint density at radius 3 is 2.73 bits per heavy atom. The summed E-state index contributed by atoms with van der Waals surface area (Å²) in [6.07, 6.45) is 10.6. The molecule has 0 radical (unpaired) electrons. The third kappa shape index (κ3) is 2.47. The molecule has 3 aliphatic carbocycles. The Balaban J connectivity index is 1.60. The van der Waals surface area contributed by atoms with Crippen LogP contribution >= 0.6 is 22.6 Å². The van der Waals surface area contributed by atoms with E-state index in [-0.39, 0.29) is 5.41 Å². The molecule has 0 aromatic heterocycles. The summed E-state index contributed by atoms with van der Waals surface area (Å²) in [6, 6.07) is 16.1. The van der Waals surface area contributed by atoms with Crippen LogP contribution in [0.1, 0.15) is 60.4 Å². The first-order chi connectivity index (χ1) is 12.5. The standard InChI is InChI=1S/C25H23I/c1-25(2)23-14-19(18-8-7-16-5-3-4-6-17(16)13-18)9-11-21(23)22-12-10-20(26)15-24(22)25/h3-6,9-11,13-15,22H,7-8,12H2,1-2H3. The normalized spacial score (nSPS) is 22.6. The van der Waals surface area contributed by atoms with E-state index in [1.807, 2.05) is 0 Å². The summed E-state index contributed by atoms with van der Waals surface area (Å²) in [5, 5.41) is 0. The molecular formula is C25H23I. The zero-order chi connectivity index (χ0) is 17.9. The Morgan fingerprint density at radius 1 is 1.00 bits per heavy atom. The lowest BCUT2D eigenvalue weighted by atomic mass is 9.78. The fraction of sp³-hybridized carbons (Fsp3) is 0.280. The van der Waals surface area contributed by atoms with Crippen LogP contribution in [-0.4, -0.2) is 0 Å². The molecular weight excluding hydrogens is 427 g/mol. The first-order valence-electron chi connectivity index (χ1n) is 9.55. The number of benzene rings is 2. The van der Waals surface area contributed by atoms with Gasteiger partial charge in [-0.25, -0.2) is 0 Å². The maximum atomic E-state index is 2.49. The van der Waals surface area contributed by atoms with Crippen LogP contribution in [0.3, 0.4) is 0 Å². The molecule has 5 rings (SSSR count). The minimum atomic E-state index is 0.133. The Labute approximate surface area is 169 Å². The lowest BCUT2D eigenvalue weighted by molar-refractivity contribution is 0.612. The molecule has 2 aromatic carbocycles. The molecule has 0 aliphatic heterocycles. The highest BCUT2D eigenvalue weighted by molar-refractivity contribution is 14.1. The van der Waals surface area contributed by atoms with E-state index in [4.69, 9.17) is 0 Å². The second-order valence-corrected chi connectivity index (χ2v) is 9.52. The van der Waals surface area contributed by atoms with Crippen LogP contribution < -0.4 is 0 Å². The van der Waals surface area contributed by atoms with Crippen molar-refractivity contribution in [3.63, 3.8) is 0 Å². The molecule has 0 fully saturated rings. The van der Waals surface area contributed by atoms with Crippen molar-refractivity contribution in [3.05, 3.63) is 91.6 Å². The minimum Gasteiger partial charge on any atom is -0.0702 e. The van der Waals surface area contributed by atoms with Crippen LogP contribution in [0, 0.1) is 0 Å². The van der Waals surface area contributed by atoms with E-state index >= 15 is 0 Å². The third-order valence-electron chi connectivity index (χ3n) is 6.46. The SMILES string of the molecule is CC1(C)C2=CC(I)=CCC2c2ccc(C3=Cc4ccccc4CC3)cc21. The van der Waals surface area contributed by atoms with Gasteiger partial charge in [0.05, 0.1) is 0 Å². The highest BCUT2D eigenvalue weighted by Gasteiger charge is 2.42. The number of rotatable bonds is 1. The smallest absolute Gasteiger partial charge is 0.0118 e. The molecule has 0 spiro atoms. The van der Waals surface area contributed by atoms with Crippen LogP contribution in [-0.2, 0) is 11.8 Å². The van der Waals surface area contributed by atoms with Crippen LogP contribution in [0.15, 0.2) is 63.8 Å². The Kier molecular flexibility index (Phi) is 3.79. The van der Waals surface area contributed by atoms with Gasteiger partial charge < -0.3 is 0 Å². The second-order valence-electron chi connectivity index (χ2n) is 8.27. The summed E-state index contributed by atoms with van der Waals surface area (Å²) in [4.78, 5) is 0. The summed E-state index contributed by atoms with van der Waals surface area (Å²) < 4.78 is 1.39. The van der Waals surface area contributed by atoms with E-state index in [9.17, 15) is 0 Å². The summed E-state index contributed by atoms with van der Waals surface area (Å²) >= 11 is 2.47. The fourth-order valence-electron chi connectivity index (χ4n) is 4.99. The molecule has 1 atom stereocenters. The predicted octanol–water partition coefficient (Wildman–Crippen LogP) is 7.20. The molecule has 0 N–H and O–H groups in total. The summed E-state index contributed by atoms with van der Waals surface area (Å²) in [6.45, 7) is 4.81. The quantitative estimate of drug-likeness (QED) is 0.403. The Bertz CT molecular complexity index is 1000. The molecule has 26 heavy (non-hydrogen) atoms. The van der Waals surface area contributed by atoms with E-state index in [1.165, 1.54) is 31.4 Å². The number of allylic oxidation sites excluding steroid dienone is 5. The first-order valence-corrected chi connectivity index (χ1v) is 10.6. The van der Waals surface area contributed by atoms with E-state index in [1.54, 1.807) is 11.1 Å². The van der Waals surface area contributed by atoms with Crippen LogP contribution in [0.2, 0.25) is 0 Å². The second kappa shape index (κ2) is 5.95. The Morgan fingerprint density at radius 2 is 1.85 bits per heavy atom. The zero-order valence-corrected chi connectivity index (χ0v) is 17.5. The van der Waals surface area contributed by atoms with Gasteiger partial charge in [-0.2, -0.15) is 0 Å². The van der Waals surface area contributed by atoms with Gasteiger partial charge in [0, 0.05) is 14.9 Å². The number of aryl methyl sites for hydroxylation is 1. The first kappa shape index (κ1) is 16.6. The third-order valence-corrected chi connectivity index (χ3v) is 7.21. The molecule has 130 valence electrons. The van der Waals surface area contributed by atoms with Gasteiger partial charge >= 0.3 is 0 Å². The van der Waals surface area contributed by atoms with Gasteiger partial charge in [0.25, 0.3) is 0 Å². The topological polar surface area (TPSA) is 0 Å². The van der Waals surface area contributed by atoms with Crippen LogP contribution in [0.5, 0.6) is 0 Å². The van der Waals surface area contributed by atoms with Gasteiger partial charge in [-0.3, -0.25) is 0 Å². The zero-order valence-electron chi connectivity index (χ0n) is 15.4. The van der Waals surface area contributed by atoms with E-state index < -0.39 is 0 Å². The molecule has 1 unspecified atom stereocenters. The molecule has 2 aromatic rings. The van der Waals surface area contributed by atoms with Gasteiger partial charge in [-0.05, 0) is 81.3 Å². The highest BCUT2D eigenvalue weighted by atomic mass is 127. The summed E-state index contributed by atoms with van der Waals surface area (Å²) in [5.74, 6) is 0.577. The van der Waals surface area contributed by atoms with E-state index in [0.717, 1.165) is 19.3 Å². The molecule has 0 saturated heterocycles. The molecule has 0 nitrogen and oxygen atoms in total. The molecule has 0 saturated carbocycles. The van der Waals surface area contributed by atoms with Crippen molar-refractivity contribution in [1.29, 1.82) is 0 Å². The fourth-order valence-corrected chi connectivity index (χ4v) is 5.58. The van der Waals surface area contributed by atoms with Gasteiger partial charge in [-0.15, -0.1) is 0 Å². The average molecular weight is 450 g/mol. The molecule has 0 amide bonds. The summed E-state index contributed by atoms with van der Waals surface area (Å²) in [7, 11) is 0. The number of hydrogen-bond donors (Lipinski definition) is 0. The molecule has 0 heterocycles. The molecule has 3 aliphatic rings. The predicted molar refractivity (Wildman–Crippen MR) is 120 cm³/mol. The largest absolute Gasteiger partial charge is 0.0702 e. The van der Waals surface area contributed by atoms with Crippen molar-refractivity contribution in [2.75, 3.05) is 0 Å². The molecule has 1 heteroatoms. The maximum absolute atomic E-state index is 2.49. The van der Waals surface area contributed by atoms with Crippen molar-refractivity contribution < 1.29 is 0 Å². The average Bonchev–Trinajstić information content (AvgIpc) is 2.88. The van der Waals surface area contributed by atoms with Crippen LogP contribution in [0.4, 0.5) is 0 Å². The van der Waals surface area contributed by atoms with Crippen molar-refractivity contribution in [2.24, 2.45) is 0 Å². The minimum absolute atomic E-state index is 0.133. The van der Waals surface area contributed by atoms with Gasteiger partial charge in [-0.1, -0.05) is 74.0 Å². The number of fused-ring (bicyclic) bond motifs is 4. The van der Waals surface area contributed by atoms with Gasteiger partial charge in [0.2, 0.25) is 0 Å². The van der Waals surface area contributed by atoms with Crippen molar-refractivity contribution in [3.8, 4) is 0 Å². The van der Waals surface area contributed by atoms with E-state index in [0.29, 0.717) is 5.92 Å². The summed E-state index contributed by atoms with van der Waals surface area (Å²) in [5.41, 5.74) is 10.6. The Hall–Kier alpha value is -1.61. The van der Waals surface area contributed by atoms with Crippen molar-refractivity contribution >= 4 is 34.2 Å². The number of hydrogen-bond acceptors (Lipinski definition) is 0. The van der Waals surface area contributed by atoms with Gasteiger partial charge in [0.1, 0.15) is 0 Å². The van der Waals surface area contributed by atoms with E-state index in [2.05, 4.69) is 97.1 Å². The van der Waals surface area contributed by atoms with Crippen molar-refractivity contribution in [2.45, 2.75) is 44.4 Å². The lowest BCUT2D eigenvalue weighted by Crippen LogP contribution is -2.17. The number of halogens is 1. The lowest BCUT2D eigenvalue weighted by Gasteiger charge is -2.26. The van der Waals surface area contributed by atoms with Crippen LogP contribution in [0.25, 0.3) is 11.6 Å². The monoisotopic (exact) mass is 450 g/mol. The highest BCUT2D eigenvalue weighted by Crippen LogP contribution is 2.54. The van der Waals surface area contributed by atoms with Gasteiger partial charge in [0.15, 0.2) is 0 Å².